The highest BCUT2D eigenvalue weighted by molar-refractivity contribution is 8.32. The number of hydrogen-bond donors (Lipinski definition) is 1. The molecule has 5 nitrogen and oxygen atoms in total. The van der Waals surface area contributed by atoms with Crippen molar-refractivity contribution in [3.63, 3.8) is 0 Å². The van der Waals surface area contributed by atoms with E-state index in [4.69, 9.17) is 4.74 Å². The van der Waals surface area contributed by atoms with Gasteiger partial charge in [0.1, 0.15) is 12.9 Å². The van der Waals surface area contributed by atoms with Gasteiger partial charge in [-0.15, -0.1) is 0 Å². The summed E-state index contributed by atoms with van der Waals surface area (Å²) in [5.41, 5.74) is 5.41. The van der Waals surface area contributed by atoms with Crippen LogP contribution in [0.3, 0.4) is 0 Å². The molecule has 0 saturated heterocycles. The van der Waals surface area contributed by atoms with Crippen LogP contribution in [0.5, 0.6) is 0 Å². The Balaban J connectivity index is 1.40. The Kier molecular flexibility index (Phi) is 6.16. The maximum absolute atomic E-state index is 13.2. The van der Waals surface area contributed by atoms with Crippen molar-refractivity contribution in [2.75, 3.05) is 36.4 Å². The summed E-state index contributed by atoms with van der Waals surface area (Å²) >= 11 is 1.42. The summed E-state index contributed by atoms with van der Waals surface area (Å²) in [5, 5.41) is 4.47. The summed E-state index contributed by atoms with van der Waals surface area (Å²) in [6, 6.07) is 12.7. The summed E-state index contributed by atoms with van der Waals surface area (Å²) in [4.78, 5) is 16.7. The van der Waals surface area contributed by atoms with Crippen LogP contribution >= 0.6 is 21.4 Å². The molecule has 34 heavy (non-hydrogen) atoms. The number of ether oxygens (including phenoxy) is 1. The van der Waals surface area contributed by atoms with Crippen LogP contribution < -0.4 is 5.32 Å². The molecule has 0 spiro atoms. The lowest BCUT2D eigenvalue weighted by Gasteiger charge is -2.24. The van der Waals surface area contributed by atoms with E-state index in [0.717, 1.165) is 33.7 Å². The minimum atomic E-state index is -1.01. The predicted octanol–water partition coefficient (Wildman–Crippen LogP) is 6.19. The number of fused-ring (bicyclic) bond motifs is 2. The monoisotopic (exact) mass is 499 g/mol. The Morgan fingerprint density at radius 1 is 1.26 bits per heavy atom. The van der Waals surface area contributed by atoms with Gasteiger partial charge in [-0.1, -0.05) is 23.5 Å². The second-order valence-electron chi connectivity index (χ2n) is 9.86. The average Bonchev–Trinajstić information content (AvgIpc) is 3.18. The number of aromatic nitrogens is 2. The average molecular weight is 500 g/mol. The number of nitrogens with zero attached hydrogens (tertiary/aromatic N) is 2. The first kappa shape index (κ1) is 23.3. The van der Waals surface area contributed by atoms with Crippen molar-refractivity contribution in [3.8, 4) is 11.1 Å². The lowest BCUT2D eigenvalue weighted by atomic mass is 9.96. The lowest BCUT2D eigenvalue weighted by molar-refractivity contribution is -0.117. The number of alkyl halides is 1. The third kappa shape index (κ3) is 4.85. The third-order valence-corrected chi connectivity index (χ3v) is 8.53. The Morgan fingerprint density at radius 2 is 2.06 bits per heavy atom. The van der Waals surface area contributed by atoms with E-state index >= 15 is 0 Å². The maximum atomic E-state index is 13.2. The molecule has 2 aromatic heterocycles. The molecule has 1 aliphatic rings. The van der Waals surface area contributed by atoms with Crippen molar-refractivity contribution >= 4 is 53.5 Å². The molecule has 0 radical (unpaired) electrons. The van der Waals surface area contributed by atoms with Crippen LogP contribution in [0.15, 0.2) is 42.6 Å². The van der Waals surface area contributed by atoms with Crippen molar-refractivity contribution in [1.82, 2.24) is 9.55 Å². The first-order chi connectivity index (χ1) is 16.2. The van der Waals surface area contributed by atoms with Gasteiger partial charge in [0.15, 0.2) is 5.13 Å². The number of nitrogens with one attached hydrogen (secondary N) is 1. The predicted molar refractivity (Wildman–Crippen MR) is 143 cm³/mol. The SMILES string of the molecule is Cc1ccc2c(ccn2COCCS(C)(C)C)c1-c1ccc2sc(NC(=O)[C@@H]3C[C@@H]3F)nc2c1. The number of carbonyl (C=O) groups excluding carboxylic acids is 1. The quantitative estimate of drug-likeness (QED) is 0.294. The molecule has 0 unspecified atom stereocenters. The maximum Gasteiger partial charge on any atom is 0.232 e. The Labute approximate surface area is 204 Å². The molecule has 180 valence electrons. The topological polar surface area (TPSA) is 56.1 Å². The highest BCUT2D eigenvalue weighted by atomic mass is 32.3. The Bertz CT molecular complexity index is 1370. The molecule has 1 aliphatic carbocycles. The first-order valence-electron chi connectivity index (χ1n) is 11.4. The van der Waals surface area contributed by atoms with Crippen molar-refractivity contribution < 1.29 is 13.9 Å². The fourth-order valence-electron chi connectivity index (χ4n) is 4.12. The van der Waals surface area contributed by atoms with Crippen LogP contribution in [0.4, 0.5) is 9.52 Å². The number of benzene rings is 2. The van der Waals surface area contributed by atoms with E-state index < -0.39 is 22.1 Å². The smallest absolute Gasteiger partial charge is 0.232 e. The van der Waals surface area contributed by atoms with E-state index in [9.17, 15) is 9.18 Å². The molecule has 2 atom stereocenters. The molecule has 4 aromatic rings. The van der Waals surface area contributed by atoms with Gasteiger partial charge in [-0.3, -0.25) is 4.79 Å². The summed E-state index contributed by atoms with van der Waals surface area (Å²) in [7, 11) is -0.562. The van der Waals surface area contributed by atoms with Crippen molar-refractivity contribution in [1.29, 1.82) is 0 Å². The normalized spacial score (nSPS) is 18.5. The van der Waals surface area contributed by atoms with Gasteiger partial charge in [0.2, 0.25) is 5.91 Å². The summed E-state index contributed by atoms with van der Waals surface area (Å²) in [6.07, 6.45) is 8.30. The first-order valence-corrected chi connectivity index (χ1v) is 15.2. The van der Waals surface area contributed by atoms with Gasteiger partial charge in [0.05, 0.1) is 28.3 Å². The zero-order chi connectivity index (χ0) is 24.0. The van der Waals surface area contributed by atoms with E-state index in [1.54, 1.807) is 0 Å². The van der Waals surface area contributed by atoms with Crippen LogP contribution in [0.1, 0.15) is 12.0 Å². The van der Waals surface area contributed by atoms with Gasteiger partial charge in [-0.25, -0.2) is 19.4 Å². The second kappa shape index (κ2) is 8.98. The number of aryl methyl sites for hydroxylation is 1. The number of anilines is 1. The third-order valence-electron chi connectivity index (χ3n) is 6.19. The highest BCUT2D eigenvalue weighted by Gasteiger charge is 2.43. The largest absolute Gasteiger partial charge is 0.360 e. The lowest BCUT2D eigenvalue weighted by Crippen LogP contribution is -2.14. The summed E-state index contributed by atoms with van der Waals surface area (Å²) < 4.78 is 22.3. The fraction of sp³-hybridized carbons (Fsp3) is 0.385. The molecule has 1 saturated carbocycles. The molecule has 0 aliphatic heterocycles. The van der Waals surface area contributed by atoms with E-state index in [-0.39, 0.29) is 5.91 Å². The molecule has 1 amide bonds. The van der Waals surface area contributed by atoms with Crippen LogP contribution in [0.25, 0.3) is 32.2 Å². The Hall–Kier alpha value is -2.42. The van der Waals surface area contributed by atoms with Gasteiger partial charge in [0, 0.05) is 17.3 Å². The van der Waals surface area contributed by atoms with E-state index in [1.165, 1.54) is 27.8 Å². The minimum absolute atomic E-state index is 0.278. The number of rotatable bonds is 8. The number of thiazole rings is 1. The molecule has 2 aromatic carbocycles. The number of hydrogen-bond acceptors (Lipinski definition) is 4. The zero-order valence-corrected chi connectivity index (χ0v) is 21.6. The van der Waals surface area contributed by atoms with Crippen molar-refractivity contribution in [2.24, 2.45) is 5.92 Å². The number of carbonyl (C=O) groups is 1. The van der Waals surface area contributed by atoms with E-state index in [0.29, 0.717) is 18.3 Å². The zero-order valence-electron chi connectivity index (χ0n) is 19.9. The molecule has 0 bridgehead atoms. The fourth-order valence-corrected chi connectivity index (χ4v) is 5.59. The Morgan fingerprint density at radius 3 is 2.79 bits per heavy atom. The van der Waals surface area contributed by atoms with E-state index in [1.807, 2.05) is 6.07 Å². The van der Waals surface area contributed by atoms with Gasteiger partial charge >= 0.3 is 0 Å². The van der Waals surface area contributed by atoms with E-state index in [2.05, 4.69) is 77.1 Å². The number of halogens is 1. The number of amides is 1. The molecule has 2 heterocycles. The van der Waals surface area contributed by atoms with Gasteiger partial charge in [0.25, 0.3) is 0 Å². The van der Waals surface area contributed by atoms with Gasteiger partial charge < -0.3 is 14.6 Å². The molecule has 1 fully saturated rings. The van der Waals surface area contributed by atoms with Crippen LogP contribution in [-0.2, 0) is 16.3 Å². The molecular weight excluding hydrogens is 469 g/mol. The summed E-state index contributed by atoms with van der Waals surface area (Å²) in [5.74, 6) is 0.298. The molecule has 5 rings (SSSR count). The van der Waals surface area contributed by atoms with Crippen molar-refractivity contribution in [2.45, 2.75) is 26.2 Å². The summed E-state index contributed by atoms with van der Waals surface area (Å²) in [6.45, 7) is 3.42. The molecule has 1 N–H and O–H groups in total. The van der Waals surface area contributed by atoms with Crippen LogP contribution in [0, 0.1) is 12.8 Å². The highest BCUT2D eigenvalue weighted by Crippen LogP contribution is 2.38. The van der Waals surface area contributed by atoms with Gasteiger partial charge in [-0.05, 0) is 73.1 Å². The van der Waals surface area contributed by atoms with Crippen LogP contribution in [-0.4, -0.2) is 52.8 Å². The second-order valence-corrected chi connectivity index (χ2v) is 15.5. The van der Waals surface area contributed by atoms with Crippen LogP contribution in [0.2, 0.25) is 0 Å². The minimum Gasteiger partial charge on any atom is -0.360 e. The van der Waals surface area contributed by atoms with Crippen molar-refractivity contribution in [3.05, 3.63) is 48.2 Å². The van der Waals surface area contributed by atoms with Gasteiger partial charge in [-0.2, -0.15) is 0 Å². The standard InChI is InChI=1S/C26H30FN3O2S2/c1-16-5-7-22-18(9-10-30(22)15-32-11-12-34(2,3)4)24(16)17-6-8-23-21(13-17)28-26(33-23)29-25(31)19-14-20(19)27/h5-10,13,19-20H,11-12,14-15H2,1-4H3,(H,28,29,31)/t19-,20+/m1/s1. The molecule has 8 heteroatoms. The molecular formula is C26H30FN3O2S2.